The molecule has 3 heterocycles. The first-order chi connectivity index (χ1) is 23.1. The van der Waals surface area contributed by atoms with Crippen LogP contribution in [0.5, 0.6) is 0 Å². The molecule has 0 aliphatic carbocycles. The van der Waals surface area contributed by atoms with Crippen molar-refractivity contribution in [1.29, 1.82) is 0 Å². The molecule has 0 saturated carbocycles. The number of hydrogen-bond acceptors (Lipinski definition) is 10. The molecule has 4 N–H and O–H groups in total. The van der Waals surface area contributed by atoms with Crippen molar-refractivity contribution in [2.45, 2.75) is 42.0 Å². The summed E-state index contributed by atoms with van der Waals surface area (Å²) in [5.74, 6) is -0.882. The van der Waals surface area contributed by atoms with Gasteiger partial charge >= 0.3 is 12.1 Å². The molecule has 1 saturated heterocycles. The molecule has 2 aliphatic rings. The molecular formula is C32H33N7O8S. The SMILES string of the molecule is O=CN(CC(NS(=O)(=O)c1ccc2ccccc2c1)C(=O)O)C1=NO[C@]2(C1)CC(CNc1ncc[nH]1)N(C(=O)OCc1ccccc1)C2. The van der Waals surface area contributed by atoms with Crippen molar-refractivity contribution in [2.24, 2.45) is 5.16 Å². The molecule has 4 aromatic rings. The topological polar surface area (TPSA) is 196 Å². The van der Waals surface area contributed by atoms with Crippen LogP contribution in [0.3, 0.4) is 0 Å². The smallest absolute Gasteiger partial charge is 0.410 e. The number of carbonyl (C=O) groups excluding carboxylic acids is 2. The van der Waals surface area contributed by atoms with E-state index in [0.29, 0.717) is 30.7 Å². The third-order valence-electron chi connectivity index (χ3n) is 8.24. The summed E-state index contributed by atoms with van der Waals surface area (Å²) in [4.78, 5) is 53.1. The Kier molecular flexibility index (Phi) is 9.27. The van der Waals surface area contributed by atoms with Gasteiger partial charge in [0, 0.05) is 25.4 Å². The number of amidine groups is 1. The Labute approximate surface area is 275 Å². The molecule has 1 aromatic heterocycles. The van der Waals surface area contributed by atoms with Gasteiger partial charge < -0.3 is 25.0 Å². The third kappa shape index (κ3) is 7.24. The van der Waals surface area contributed by atoms with Gasteiger partial charge in [-0.3, -0.25) is 19.4 Å². The number of fused-ring (bicyclic) bond motifs is 1. The van der Waals surface area contributed by atoms with E-state index < -0.39 is 46.3 Å². The van der Waals surface area contributed by atoms with Crippen LogP contribution in [0.4, 0.5) is 10.7 Å². The van der Waals surface area contributed by atoms with Crippen LogP contribution in [0, 0.1) is 0 Å². The Morgan fingerprint density at radius 2 is 1.92 bits per heavy atom. The van der Waals surface area contributed by atoms with Crippen molar-refractivity contribution >= 4 is 51.1 Å². The minimum atomic E-state index is -4.29. The molecule has 3 atom stereocenters. The van der Waals surface area contributed by atoms with Gasteiger partial charge in [-0.15, -0.1) is 0 Å². The maximum Gasteiger partial charge on any atom is 0.410 e. The van der Waals surface area contributed by atoms with Gasteiger partial charge in [0.2, 0.25) is 16.4 Å². The number of carboxylic acid groups (broad SMARTS) is 1. The number of carboxylic acids is 1. The van der Waals surface area contributed by atoms with E-state index in [0.717, 1.165) is 15.8 Å². The van der Waals surface area contributed by atoms with Gasteiger partial charge in [-0.05, 0) is 28.5 Å². The fourth-order valence-electron chi connectivity index (χ4n) is 5.83. The first-order valence-electron chi connectivity index (χ1n) is 15.1. The lowest BCUT2D eigenvalue weighted by molar-refractivity contribution is -0.139. The lowest BCUT2D eigenvalue weighted by atomic mass is 9.95. The highest BCUT2D eigenvalue weighted by Crippen LogP contribution is 2.38. The number of amides is 2. The van der Waals surface area contributed by atoms with Crippen molar-refractivity contribution in [3.8, 4) is 0 Å². The predicted molar refractivity (Wildman–Crippen MR) is 173 cm³/mol. The van der Waals surface area contributed by atoms with Crippen LogP contribution < -0.4 is 10.0 Å². The Bertz CT molecular complexity index is 1920. The first-order valence-corrected chi connectivity index (χ1v) is 16.5. The average molecular weight is 676 g/mol. The lowest BCUT2D eigenvalue weighted by Crippen LogP contribution is -2.49. The summed E-state index contributed by atoms with van der Waals surface area (Å²) in [5, 5.41) is 18.7. The van der Waals surface area contributed by atoms with Crippen LogP contribution in [0.2, 0.25) is 0 Å². The second-order valence-corrected chi connectivity index (χ2v) is 13.3. The number of rotatable bonds is 12. The maximum absolute atomic E-state index is 13.3. The summed E-state index contributed by atoms with van der Waals surface area (Å²) in [6, 6.07) is 18.7. The first kappa shape index (κ1) is 32.5. The molecule has 2 amide bonds. The maximum atomic E-state index is 13.3. The number of nitrogens with zero attached hydrogens (tertiary/aromatic N) is 4. The zero-order chi connectivity index (χ0) is 33.7. The van der Waals surface area contributed by atoms with E-state index in [1.165, 1.54) is 17.0 Å². The number of likely N-dealkylation sites (tertiary alicyclic amines) is 1. The molecular weight excluding hydrogens is 642 g/mol. The molecule has 6 rings (SSSR count). The molecule has 250 valence electrons. The molecule has 1 spiro atoms. The van der Waals surface area contributed by atoms with E-state index in [2.05, 4.69) is 25.2 Å². The van der Waals surface area contributed by atoms with Gasteiger partial charge in [0.25, 0.3) is 0 Å². The molecule has 48 heavy (non-hydrogen) atoms. The van der Waals surface area contributed by atoms with Crippen molar-refractivity contribution in [3.63, 3.8) is 0 Å². The molecule has 15 nitrogen and oxygen atoms in total. The zero-order valence-electron chi connectivity index (χ0n) is 25.6. The summed E-state index contributed by atoms with van der Waals surface area (Å²) >= 11 is 0. The van der Waals surface area contributed by atoms with Gasteiger partial charge in [0.1, 0.15) is 12.6 Å². The molecule has 3 aromatic carbocycles. The standard InChI is InChI=1S/C32H33N7O8S/c40-21-38(18-27(29(41)42)37-48(44,45)26-11-10-23-8-4-5-9-24(23)14-26)28-16-32(47-36-28)15-25(17-35-30-33-12-13-34-30)39(20-32)31(43)46-19-22-6-2-1-3-7-22/h1-14,21,25,27,37H,15-20H2,(H,41,42)(H2,33,34,35)/t25?,27?,32-/m0/s1. The number of benzene rings is 3. The highest BCUT2D eigenvalue weighted by Gasteiger charge is 2.53. The zero-order valence-corrected chi connectivity index (χ0v) is 26.4. The Balaban J connectivity index is 1.14. The molecule has 0 radical (unpaired) electrons. The number of oxime groups is 1. The summed E-state index contributed by atoms with van der Waals surface area (Å²) in [5.41, 5.74) is -0.222. The van der Waals surface area contributed by atoms with Gasteiger partial charge in [-0.2, -0.15) is 4.72 Å². The molecule has 2 aliphatic heterocycles. The van der Waals surface area contributed by atoms with Gasteiger partial charge in [0.15, 0.2) is 17.4 Å². The number of sulfonamides is 1. The number of aromatic nitrogens is 2. The van der Waals surface area contributed by atoms with Crippen molar-refractivity contribution < 1.29 is 37.5 Å². The summed E-state index contributed by atoms with van der Waals surface area (Å²) in [6.07, 6.45) is 3.40. The van der Waals surface area contributed by atoms with Gasteiger partial charge in [-0.25, -0.2) is 18.2 Å². The number of imidazole rings is 1. The third-order valence-corrected chi connectivity index (χ3v) is 9.71. The number of aliphatic carboxylic acids is 1. The van der Waals surface area contributed by atoms with E-state index in [4.69, 9.17) is 9.57 Å². The monoisotopic (exact) mass is 675 g/mol. The summed E-state index contributed by atoms with van der Waals surface area (Å²) in [7, 11) is -4.29. The minimum absolute atomic E-state index is 0.0508. The number of H-pyrrole nitrogens is 1. The number of aromatic amines is 1. The number of carbonyl (C=O) groups is 3. The summed E-state index contributed by atoms with van der Waals surface area (Å²) in [6.45, 7) is -0.129. The Morgan fingerprint density at radius 3 is 2.65 bits per heavy atom. The average Bonchev–Trinajstić information content (AvgIpc) is 3.85. The van der Waals surface area contributed by atoms with Gasteiger partial charge in [0.05, 0.1) is 30.4 Å². The van der Waals surface area contributed by atoms with E-state index in [1.807, 2.05) is 42.5 Å². The van der Waals surface area contributed by atoms with E-state index in [1.54, 1.807) is 30.6 Å². The largest absolute Gasteiger partial charge is 0.480 e. The van der Waals surface area contributed by atoms with Crippen molar-refractivity contribution in [3.05, 3.63) is 90.8 Å². The second kappa shape index (κ2) is 13.7. The van der Waals surface area contributed by atoms with Crippen LogP contribution in [-0.2, 0) is 35.8 Å². The highest BCUT2D eigenvalue weighted by atomic mass is 32.2. The van der Waals surface area contributed by atoms with E-state index in [-0.39, 0.29) is 30.3 Å². The number of hydrogen-bond donors (Lipinski definition) is 4. The predicted octanol–water partition coefficient (Wildman–Crippen LogP) is 2.75. The Hall–Kier alpha value is -5.48. The van der Waals surface area contributed by atoms with E-state index >= 15 is 0 Å². The Morgan fingerprint density at radius 1 is 1.15 bits per heavy atom. The second-order valence-electron chi connectivity index (χ2n) is 11.6. The quantitative estimate of drug-likeness (QED) is 0.162. The molecule has 2 unspecified atom stereocenters. The molecule has 16 heteroatoms. The summed E-state index contributed by atoms with van der Waals surface area (Å²) < 4.78 is 34.2. The fourth-order valence-corrected chi connectivity index (χ4v) is 7.05. The number of anilines is 1. The van der Waals surface area contributed by atoms with Crippen molar-refractivity contribution in [1.82, 2.24) is 24.5 Å². The normalized spacial score (nSPS) is 19.5. The van der Waals surface area contributed by atoms with Crippen LogP contribution in [-0.4, -0.2) is 94.9 Å². The fraction of sp³-hybridized carbons (Fsp3) is 0.281. The van der Waals surface area contributed by atoms with Crippen LogP contribution in [0.1, 0.15) is 18.4 Å². The van der Waals surface area contributed by atoms with Crippen LogP contribution >= 0.6 is 0 Å². The minimum Gasteiger partial charge on any atom is -0.480 e. The number of nitrogens with one attached hydrogen (secondary N) is 3. The van der Waals surface area contributed by atoms with Crippen LogP contribution in [0.25, 0.3) is 10.8 Å². The van der Waals surface area contributed by atoms with E-state index in [9.17, 15) is 27.9 Å². The number of ether oxygens (including phenoxy) is 1. The molecule has 0 bridgehead atoms. The molecule has 1 fully saturated rings. The highest BCUT2D eigenvalue weighted by molar-refractivity contribution is 7.89. The van der Waals surface area contributed by atoms with Crippen LogP contribution in [0.15, 0.2) is 95.2 Å². The van der Waals surface area contributed by atoms with Crippen molar-refractivity contribution in [2.75, 3.05) is 25.0 Å². The lowest BCUT2D eigenvalue weighted by Gasteiger charge is -2.24. The van der Waals surface area contributed by atoms with Gasteiger partial charge in [-0.1, -0.05) is 65.8 Å².